The third kappa shape index (κ3) is 5.33. The minimum atomic E-state index is -0.517. The molecule has 0 aliphatic carbocycles. The second-order valence-electron chi connectivity index (χ2n) is 3.64. The van der Waals surface area contributed by atoms with Gasteiger partial charge in [0.15, 0.2) is 0 Å². The maximum absolute atomic E-state index is 11.5. The molecule has 1 aromatic carbocycles. The standard InChI is InChI=1S/C11H14BrN3O4/c1-19-5-4-13-7-11(16)14-8-2-3-9(12)10(6-8)15(17)18/h2-3,6,13H,4-5,7H2,1H3,(H,14,16). The molecule has 0 aliphatic heterocycles. The normalized spacial score (nSPS) is 10.2. The number of nitro groups is 1. The SMILES string of the molecule is COCCNCC(=O)Nc1ccc(Br)c([N+](=O)[O-])c1. The minimum absolute atomic E-state index is 0.0925. The van der Waals surface area contributed by atoms with E-state index in [-0.39, 0.29) is 18.1 Å². The third-order valence-corrected chi connectivity index (χ3v) is 2.87. The molecule has 1 amide bonds. The Bertz CT molecular complexity index is 467. The summed E-state index contributed by atoms with van der Waals surface area (Å²) in [5.74, 6) is -0.271. The lowest BCUT2D eigenvalue weighted by molar-refractivity contribution is -0.385. The van der Waals surface area contributed by atoms with Gasteiger partial charge in [-0.15, -0.1) is 0 Å². The summed E-state index contributed by atoms with van der Waals surface area (Å²) in [5, 5.41) is 16.2. The number of nitrogens with one attached hydrogen (secondary N) is 2. The molecular formula is C11H14BrN3O4. The molecule has 0 radical (unpaired) electrons. The first kappa shape index (κ1) is 15.5. The summed E-state index contributed by atoms with van der Waals surface area (Å²) in [7, 11) is 1.57. The van der Waals surface area contributed by atoms with Crippen LogP contribution in [0.2, 0.25) is 0 Å². The summed E-state index contributed by atoms with van der Waals surface area (Å²) >= 11 is 3.08. The van der Waals surface area contributed by atoms with Gasteiger partial charge in [-0.2, -0.15) is 0 Å². The number of halogens is 1. The van der Waals surface area contributed by atoms with Crippen LogP contribution in [0.5, 0.6) is 0 Å². The zero-order valence-corrected chi connectivity index (χ0v) is 11.9. The average Bonchev–Trinajstić information content (AvgIpc) is 2.36. The summed E-state index contributed by atoms with van der Waals surface area (Å²) in [5.41, 5.74) is 0.290. The molecule has 0 aliphatic rings. The van der Waals surface area contributed by atoms with Gasteiger partial charge in [0.2, 0.25) is 5.91 Å². The number of rotatable bonds is 7. The predicted molar refractivity (Wildman–Crippen MR) is 74.2 cm³/mol. The number of ether oxygens (including phenoxy) is 1. The fraction of sp³-hybridized carbons (Fsp3) is 0.364. The van der Waals surface area contributed by atoms with Crippen LogP contribution in [0.3, 0.4) is 0 Å². The Morgan fingerprint density at radius 3 is 2.89 bits per heavy atom. The quantitative estimate of drug-likeness (QED) is 0.449. The van der Waals surface area contributed by atoms with E-state index in [4.69, 9.17) is 4.74 Å². The molecule has 1 rings (SSSR count). The summed E-state index contributed by atoms with van der Waals surface area (Å²) in [6.07, 6.45) is 0. The highest BCUT2D eigenvalue weighted by atomic mass is 79.9. The second-order valence-corrected chi connectivity index (χ2v) is 4.50. The first-order valence-corrected chi connectivity index (χ1v) is 6.27. The van der Waals surface area contributed by atoms with Crippen molar-refractivity contribution in [3.8, 4) is 0 Å². The van der Waals surface area contributed by atoms with Gasteiger partial charge in [-0.25, -0.2) is 0 Å². The average molecular weight is 332 g/mol. The molecule has 0 atom stereocenters. The molecule has 0 unspecified atom stereocenters. The Kier molecular flexibility index (Phi) is 6.40. The van der Waals surface area contributed by atoms with Gasteiger partial charge in [-0.05, 0) is 28.1 Å². The molecule has 1 aromatic rings. The summed E-state index contributed by atoms with van der Waals surface area (Å²) in [6.45, 7) is 1.19. The maximum atomic E-state index is 11.5. The van der Waals surface area contributed by atoms with E-state index in [0.29, 0.717) is 23.3 Å². The number of nitro benzene ring substituents is 1. The van der Waals surface area contributed by atoms with Crippen molar-refractivity contribution in [3.63, 3.8) is 0 Å². The second kappa shape index (κ2) is 7.82. The number of amides is 1. The summed E-state index contributed by atoms with van der Waals surface area (Å²) in [6, 6.07) is 4.41. The van der Waals surface area contributed by atoms with Crippen molar-refractivity contribution in [2.24, 2.45) is 0 Å². The van der Waals surface area contributed by atoms with Crippen LogP contribution < -0.4 is 10.6 Å². The first-order chi connectivity index (χ1) is 9.04. The third-order valence-electron chi connectivity index (χ3n) is 2.20. The summed E-state index contributed by atoms with van der Waals surface area (Å²) in [4.78, 5) is 21.8. The van der Waals surface area contributed by atoms with Crippen molar-refractivity contribution in [3.05, 3.63) is 32.8 Å². The Hall–Kier alpha value is -1.51. The van der Waals surface area contributed by atoms with Crippen molar-refractivity contribution in [1.82, 2.24) is 5.32 Å². The van der Waals surface area contributed by atoms with Crippen LogP contribution in [0.25, 0.3) is 0 Å². The van der Waals surface area contributed by atoms with Gasteiger partial charge in [0.25, 0.3) is 5.69 Å². The van der Waals surface area contributed by atoms with Crippen molar-refractivity contribution >= 4 is 33.2 Å². The number of hydrogen-bond acceptors (Lipinski definition) is 5. The van der Waals surface area contributed by atoms with E-state index in [2.05, 4.69) is 26.6 Å². The van der Waals surface area contributed by atoms with Gasteiger partial charge in [-0.3, -0.25) is 14.9 Å². The van der Waals surface area contributed by atoms with E-state index < -0.39 is 4.92 Å². The molecule has 0 aromatic heterocycles. The van der Waals surface area contributed by atoms with Gasteiger partial charge < -0.3 is 15.4 Å². The monoisotopic (exact) mass is 331 g/mol. The molecular weight excluding hydrogens is 318 g/mol. The lowest BCUT2D eigenvalue weighted by Crippen LogP contribution is -2.30. The number of carbonyl (C=O) groups is 1. The molecule has 104 valence electrons. The van der Waals surface area contributed by atoms with Gasteiger partial charge in [0.1, 0.15) is 0 Å². The Morgan fingerprint density at radius 2 is 2.26 bits per heavy atom. The van der Waals surface area contributed by atoms with Gasteiger partial charge in [-0.1, -0.05) is 0 Å². The highest BCUT2D eigenvalue weighted by molar-refractivity contribution is 9.10. The zero-order chi connectivity index (χ0) is 14.3. The lowest BCUT2D eigenvalue weighted by Gasteiger charge is -2.06. The van der Waals surface area contributed by atoms with Crippen molar-refractivity contribution in [1.29, 1.82) is 0 Å². The van der Waals surface area contributed by atoms with Crippen molar-refractivity contribution in [2.75, 3.05) is 32.1 Å². The smallest absolute Gasteiger partial charge is 0.285 e. The Morgan fingerprint density at radius 1 is 1.53 bits per heavy atom. The van der Waals surface area contributed by atoms with Crippen LogP contribution in [-0.4, -0.2) is 37.6 Å². The largest absolute Gasteiger partial charge is 0.383 e. The molecule has 0 saturated carbocycles. The van der Waals surface area contributed by atoms with E-state index in [9.17, 15) is 14.9 Å². The fourth-order valence-electron chi connectivity index (χ4n) is 1.31. The molecule has 7 nitrogen and oxygen atoms in total. The van der Waals surface area contributed by atoms with E-state index in [1.807, 2.05) is 0 Å². The fourth-order valence-corrected chi connectivity index (χ4v) is 1.70. The molecule has 2 N–H and O–H groups in total. The highest BCUT2D eigenvalue weighted by Gasteiger charge is 2.13. The number of carbonyl (C=O) groups excluding carboxylic acids is 1. The van der Waals surface area contributed by atoms with Crippen LogP contribution in [0.15, 0.2) is 22.7 Å². The number of anilines is 1. The molecule has 0 fully saturated rings. The molecule has 0 spiro atoms. The van der Waals surface area contributed by atoms with Crippen LogP contribution in [0.4, 0.5) is 11.4 Å². The minimum Gasteiger partial charge on any atom is -0.383 e. The Labute approximate surface area is 118 Å². The molecule has 0 bridgehead atoms. The van der Waals surface area contributed by atoms with Crippen LogP contribution in [0.1, 0.15) is 0 Å². The highest BCUT2D eigenvalue weighted by Crippen LogP contribution is 2.27. The van der Waals surface area contributed by atoms with Crippen molar-refractivity contribution < 1.29 is 14.5 Å². The Balaban J connectivity index is 2.55. The maximum Gasteiger partial charge on any atom is 0.285 e. The number of benzene rings is 1. The van der Waals surface area contributed by atoms with Gasteiger partial charge in [0.05, 0.1) is 22.5 Å². The van der Waals surface area contributed by atoms with Crippen molar-refractivity contribution in [2.45, 2.75) is 0 Å². The van der Waals surface area contributed by atoms with Crippen LogP contribution in [-0.2, 0) is 9.53 Å². The number of methoxy groups -OCH3 is 1. The van der Waals surface area contributed by atoms with Crippen LogP contribution >= 0.6 is 15.9 Å². The lowest BCUT2D eigenvalue weighted by atomic mass is 10.3. The van der Waals surface area contributed by atoms with E-state index in [0.717, 1.165) is 0 Å². The number of hydrogen-bond donors (Lipinski definition) is 2. The molecule has 19 heavy (non-hydrogen) atoms. The molecule has 0 saturated heterocycles. The molecule has 8 heteroatoms. The topological polar surface area (TPSA) is 93.5 Å². The number of nitrogens with zero attached hydrogens (tertiary/aromatic N) is 1. The van der Waals surface area contributed by atoms with Gasteiger partial charge >= 0.3 is 0 Å². The zero-order valence-electron chi connectivity index (χ0n) is 10.3. The van der Waals surface area contributed by atoms with Gasteiger partial charge in [0, 0.05) is 25.4 Å². The van der Waals surface area contributed by atoms with E-state index in [1.54, 1.807) is 13.2 Å². The van der Waals surface area contributed by atoms with E-state index in [1.165, 1.54) is 12.1 Å². The van der Waals surface area contributed by atoms with Crippen LogP contribution in [0, 0.1) is 10.1 Å². The molecule has 0 heterocycles. The first-order valence-electron chi connectivity index (χ1n) is 5.48. The summed E-state index contributed by atoms with van der Waals surface area (Å²) < 4.78 is 5.19. The predicted octanol–water partition coefficient (Wildman–Crippen LogP) is 1.53. The van der Waals surface area contributed by atoms with E-state index >= 15 is 0 Å².